The van der Waals surface area contributed by atoms with Crippen LogP contribution >= 0.6 is 0 Å². The molecule has 0 saturated heterocycles. The number of Topliss-reactive ketones (excluding diaryl/α,β-unsaturated/α-hetero) is 2. The first kappa shape index (κ1) is 21.0. The minimum atomic E-state index is -0.179. The number of ketones is 2. The molecular formula is C24H30N2O3. The molecule has 0 aromatic heterocycles. The number of hydrogen-bond acceptors (Lipinski definition) is 4. The van der Waals surface area contributed by atoms with E-state index in [1.165, 1.54) is 0 Å². The van der Waals surface area contributed by atoms with Crippen molar-refractivity contribution in [3.63, 3.8) is 0 Å². The molecule has 2 N–H and O–H groups in total. The Morgan fingerprint density at radius 1 is 0.966 bits per heavy atom. The second-order valence-electron chi connectivity index (χ2n) is 7.88. The van der Waals surface area contributed by atoms with Crippen LogP contribution in [0.25, 0.3) is 12.2 Å². The summed E-state index contributed by atoms with van der Waals surface area (Å²) in [6.45, 7) is 2.24. The summed E-state index contributed by atoms with van der Waals surface area (Å²) in [5, 5.41) is 8.40. The van der Waals surface area contributed by atoms with Gasteiger partial charge in [-0.05, 0) is 49.5 Å². The Morgan fingerprint density at radius 2 is 1.69 bits per heavy atom. The largest absolute Gasteiger partial charge is 0.374 e. The topological polar surface area (TPSA) is 75.3 Å². The molecule has 1 aromatic rings. The highest BCUT2D eigenvalue weighted by Gasteiger charge is 2.30. The highest BCUT2D eigenvalue weighted by atomic mass is 16.1. The average Bonchev–Trinajstić information content (AvgIpc) is 2.98. The monoisotopic (exact) mass is 394 g/mol. The van der Waals surface area contributed by atoms with Crippen LogP contribution in [-0.4, -0.2) is 30.1 Å². The summed E-state index contributed by atoms with van der Waals surface area (Å²) in [4.78, 5) is 35.6. The van der Waals surface area contributed by atoms with Gasteiger partial charge in [0.05, 0.1) is 17.3 Å². The highest BCUT2D eigenvalue weighted by Crippen LogP contribution is 2.23. The second kappa shape index (κ2) is 10.2. The van der Waals surface area contributed by atoms with E-state index in [0.717, 1.165) is 60.2 Å². The van der Waals surface area contributed by atoms with Gasteiger partial charge in [-0.1, -0.05) is 42.9 Å². The van der Waals surface area contributed by atoms with Gasteiger partial charge in [0.15, 0.2) is 5.78 Å². The third kappa shape index (κ3) is 5.66. The highest BCUT2D eigenvalue weighted by molar-refractivity contribution is 6.11. The third-order valence-electron chi connectivity index (χ3n) is 5.49. The summed E-state index contributed by atoms with van der Waals surface area (Å²) in [7, 11) is 0. The molecule has 2 bridgehead atoms. The zero-order chi connectivity index (χ0) is 20.6. The van der Waals surface area contributed by atoms with Crippen molar-refractivity contribution in [1.82, 2.24) is 5.32 Å². The molecule has 0 spiro atoms. The van der Waals surface area contributed by atoms with Crippen molar-refractivity contribution in [3.05, 3.63) is 40.3 Å². The van der Waals surface area contributed by atoms with Crippen molar-refractivity contribution < 1.29 is 14.4 Å². The number of carbonyl (C=O) groups excluding carboxylic acids is 3. The molecule has 5 heteroatoms. The van der Waals surface area contributed by atoms with Crippen molar-refractivity contribution >= 4 is 35.3 Å². The number of nitrogens with one attached hydrogen (secondary N) is 2. The van der Waals surface area contributed by atoms with Gasteiger partial charge < -0.3 is 15.4 Å². The van der Waals surface area contributed by atoms with Crippen molar-refractivity contribution in [2.45, 2.75) is 64.3 Å². The molecule has 1 aliphatic carbocycles. The number of carbonyl (C=O) groups is 3. The van der Waals surface area contributed by atoms with Crippen molar-refractivity contribution in [2.75, 3.05) is 11.9 Å². The first-order valence-corrected chi connectivity index (χ1v) is 10.6. The van der Waals surface area contributed by atoms with Crippen LogP contribution < -0.4 is 21.1 Å². The maximum absolute atomic E-state index is 12.8. The molecule has 1 atom stereocenters. The Balaban J connectivity index is 1.36. The number of benzene rings is 1. The minimum Gasteiger partial charge on any atom is -0.374 e. The van der Waals surface area contributed by atoms with E-state index in [1.807, 2.05) is 36.4 Å². The Kier molecular flexibility index (Phi) is 7.39. The molecule has 1 heterocycles. The number of hydrogen-bond donors (Lipinski definition) is 2. The van der Waals surface area contributed by atoms with Gasteiger partial charge in [-0.25, -0.2) is 0 Å². The molecule has 0 fully saturated rings. The van der Waals surface area contributed by atoms with E-state index in [9.17, 15) is 14.4 Å². The molecule has 2 aliphatic rings. The van der Waals surface area contributed by atoms with E-state index >= 15 is 0 Å². The maximum atomic E-state index is 12.8. The summed E-state index contributed by atoms with van der Waals surface area (Å²) >= 11 is 0. The lowest BCUT2D eigenvalue weighted by Gasteiger charge is -2.10. The molecule has 1 aromatic carbocycles. The molecule has 5 nitrogen and oxygen atoms in total. The maximum Gasteiger partial charge on any atom is 0.219 e. The van der Waals surface area contributed by atoms with Crippen LogP contribution in [0.3, 0.4) is 0 Å². The molecule has 0 saturated carbocycles. The molecule has 0 radical (unpaired) electrons. The number of amides is 1. The smallest absolute Gasteiger partial charge is 0.219 e. The SMILES string of the molecule is CC(=O)CCCCCC(=O)NCCCCC1Nc2c(\c3cc\c2=C/C=C\C=3)C1=O. The summed E-state index contributed by atoms with van der Waals surface area (Å²) in [6, 6.07) is 3.87. The lowest BCUT2D eigenvalue weighted by Crippen LogP contribution is -2.26. The molecular weight excluding hydrogens is 364 g/mol. The van der Waals surface area contributed by atoms with E-state index in [0.29, 0.717) is 19.4 Å². The van der Waals surface area contributed by atoms with Gasteiger partial charge in [0.2, 0.25) is 5.91 Å². The zero-order valence-corrected chi connectivity index (χ0v) is 17.1. The Morgan fingerprint density at radius 3 is 2.48 bits per heavy atom. The van der Waals surface area contributed by atoms with E-state index in [1.54, 1.807) is 6.92 Å². The van der Waals surface area contributed by atoms with Gasteiger partial charge in [-0.15, -0.1) is 0 Å². The van der Waals surface area contributed by atoms with Crippen LogP contribution in [0.15, 0.2) is 24.3 Å². The van der Waals surface area contributed by atoms with Gasteiger partial charge in [0.1, 0.15) is 5.78 Å². The number of anilines is 1. The first-order valence-electron chi connectivity index (χ1n) is 10.6. The van der Waals surface area contributed by atoms with E-state index < -0.39 is 0 Å². The molecule has 154 valence electrons. The molecule has 3 rings (SSSR count). The molecule has 29 heavy (non-hydrogen) atoms. The zero-order valence-electron chi connectivity index (χ0n) is 17.1. The number of allylic oxidation sites excluding steroid dienone is 2. The fourth-order valence-corrected chi connectivity index (χ4v) is 3.90. The minimum absolute atomic E-state index is 0.0709. The summed E-state index contributed by atoms with van der Waals surface area (Å²) in [6.07, 6.45) is 14.2. The summed E-state index contributed by atoms with van der Waals surface area (Å²) in [5.41, 5.74) is 1.77. The van der Waals surface area contributed by atoms with E-state index in [4.69, 9.17) is 0 Å². The molecule has 1 amide bonds. The molecule has 1 aliphatic heterocycles. The summed E-state index contributed by atoms with van der Waals surface area (Å²) in [5.74, 6) is 0.453. The number of fused-ring (bicyclic) bond motifs is 6. The predicted octanol–water partition coefficient (Wildman–Crippen LogP) is 2.62. The predicted molar refractivity (Wildman–Crippen MR) is 116 cm³/mol. The number of unbranched alkanes of at least 4 members (excludes halogenated alkanes) is 3. The van der Waals surface area contributed by atoms with Gasteiger partial charge >= 0.3 is 0 Å². The van der Waals surface area contributed by atoms with E-state index in [2.05, 4.69) is 10.6 Å². The fourth-order valence-electron chi connectivity index (χ4n) is 3.90. The lowest BCUT2D eigenvalue weighted by atomic mass is 10.00. The number of rotatable bonds is 11. The Labute approximate surface area is 172 Å². The van der Waals surface area contributed by atoms with Crippen LogP contribution in [0.4, 0.5) is 5.69 Å². The van der Waals surface area contributed by atoms with Crippen LogP contribution in [0.5, 0.6) is 0 Å². The normalized spacial score (nSPS) is 19.8. The van der Waals surface area contributed by atoms with Crippen molar-refractivity contribution in [1.29, 1.82) is 0 Å². The Bertz CT molecular complexity index is 930. The quantitative estimate of drug-likeness (QED) is 0.566. The standard InChI is InChI=1S/C24H30N2O3/c1-17(27)9-3-2-4-13-21(28)25-16-8-7-12-20-24(29)22-18-10-5-6-11-19(15-14-18)23(22)26-20/h5-6,10-11,14-15,20,26H,2-4,7-9,12-13,16H2,1H3,(H,25,28)/b6-5-,10-5?,11-6?,18-10-,19-11+. The third-order valence-corrected chi connectivity index (χ3v) is 5.49. The van der Waals surface area contributed by atoms with Gasteiger partial charge in [-0.3, -0.25) is 9.59 Å². The molecule has 1 unspecified atom stereocenters. The second-order valence-corrected chi connectivity index (χ2v) is 7.88. The van der Waals surface area contributed by atoms with E-state index in [-0.39, 0.29) is 23.5 Å². The Hall–Kier alpha value is -2.69. The van der Waals surface area contributed by atoms with Crippen LogP contribution in [0, 0.1) is 0 Å². The van der Waals surface area contributed by atoms with Crippen molar-refractivity contribution in [2.24, 2.45) is 0 Å². The lowest BCUT2D eigenvalue weighted by molar-refractivity contribution is -0.121. The summed E-state index contributed by atoms with van der Waals surface area (Å²) < 4.78 is 0. The van der Waals surface area contributed by atoms with Gasteiger partial charge in [-0.2, -0.15) is 0 Å². The first-order chi connectivity index (χ1) is 14.1. The van der Waals surface area contributed by atoms with Crippen LogP contribution in [0.2, 0.25) is 0 Å². The fraction of sp³-hybridized carbons (Fsp3) is 0.458. The van der Waals surface area contributed by atoms with Crippen LogP contribution in [-0.2, 0) is 9.59 Å². The average molecular weight is 395 g/mol. The van der Waals surface area contributed by atoms with Crippen molar-refractivity contribution in [3.8, 4) is 0 Å². The van der Waals surface area contributed by atoms with Crippen LogP contribution in [0.1, 0.15) is 68.6 Å². The van der Waals surface area contributed by atoms with Gasteiger partial charge in [0, 0.05) is 19.4 Å². The van der Waals surface area contributed by atoms with Gasteiger partial charge in [0.25, 0.3) is 0 Å².